The van der Waals surface area contributed by atoms with Crippen molar-refractivity contribution < 1.29 is 13.2 Å². The largest absolute Gasteiger partial charge is 0.389 e. The number of hydrazine groups is 1. The molecule has 0 amide bonds. The third-order valence-electron chi connectivity index (χ3n) is 2.13. The zero-order valence-corrected chi connectivity index (χ0v) is 9.66. The lowest BCUT2D eigenvalue weighted by atomic mass is 10.1. The molecule has 0 fully saturated rings. The maximum absolute atomic E-state index is 12.0. The second-order valence-electron chi connectivity index (χ2n) is 3.58. The SMILES string of the molecule is Cc1nc(CC(CCC(F)(F)F)NN)cs1. The Kier molecular flexibility index (Phi) is 4.69. The number of nitrogens with one attached hydrogen (secondary N) is 1. The Morgan fingerprint density at radius 2 is 2.25 bits per heavy atom. The zero-order valence-electron chi connectivity index (χ0n) is 8.84. The molecule has 0 radical (unpaired) electrons. The van der Waals surface area contributed by atoms with Crippen LogP contribution < -0.4 is 11.3 Å². The van der Waals surface area contributed by atoms with Crippen molar-refractivity contribution in [3.8, 4) is 0 Å². The quantitative estimate of drug-likeness (QED) is 0.624. The molecule has 0 spiro atoms. The summed E-state index contributed by atoms with van der Waals surface area (Å²) in [4.78, 5) is 4.18. The molecule has 1 atom stereocenters. The number of nitrogens with two attached hydrogens (primary N) is 1. The summed E-state index contributed by atoms with van der Waals surface area (Å²) in [7, 11) is 0. The molecule has 0 aliphatic rings. The number of aromatic nitrogens is 1. The van der Waals surface area contributed by atoms with Gasteiger partial charge in [-0.2, -0.15) is 13.2 Å². The maximum atomic E-state index is 12.0. The predicted molar refractivity (Wildman–Crippen MR) is 57.0 cm³/mol. The van der Waals surface area contributed by atoms with Gasteiger partial charge in [-0.3, -0.25) is 11.3 Å². The van der Waals surface area contributed by atoms with Crippen LogP contribution in [0.25, 0.3) is 0 Å². The van der Waals surface area contributed by atoms with E-state index in [1.807, 2.05) is 12.3 Å². The molecule has 1 aromatic heterocycles. The first kappa shape index (κ1) is 13.4. The highest BCUT2D eigenvalue weighted by atomic mass is 32.1. The number of rotatable bonds is 5. The predicted octanol–water partition coefficient (Wildman–Crippen LogP) is 2.17. The minimum Gasteiger partial charge on any atom is -0.271 e. The van der Waals surface area contributed by atoms with Gasteiger partial charge < -0.3 is 0 Å². The molecule has 3 nitrogen and oxygen atoms in total. The van der Waals surface area contributed by atoms with Crippen LogP contribution in [0.4, 0.5) is 13.2 Å². The summed E-state index contributed by atoms with van der Waals surface area (Å²) in [6.45, 7) is 1.86. The molecule has 1 unspecified atom stereocenters. The van der Waals surface area contributed by atoms with Crippen LogP contribution in [0.15, 0.2) is 5.38 Å². The Morgan fingerprint density at radius 1 is 1.56 bits per heavy atom. The van der Waals surface area contributed by atoms with Crippen LogP contribution in [0.2, 0.25) is 0 Å². The first-order valence-electron chi connectivity index (χ1n) is 4.84. The van der Waals surface area contributed by atoms with E-state index in [-0.39, 0.29) is 12.5 Å². The van der Waals surface area contributed by atoms with Gasteiger partial charge in [0.2, 0.25) is 0 Å². The topological polar surface area (TPSA) is 50.9 Å². The molecule has 0 saturated heterocycles. The van der Waals surface area contributed by atoms with E-state index in [9.17, 15) is 13.2 Å². The van der Waals surface area contributed by atoms with Crippen LogP contribution in [0.3, 0.4) is 0 Å². The van der Waals surface area contributed by atoms with Gasteiger partial charge in [0.15, 0.2) is 0 Å². The lowest BCUT2D eigenvalue weighted by molar-refractivity contribution is -0.136. The van der Waals surface area contributed by atoms with E-state index in [2.05, 4.69) is 10.4 Å². The summed E-state index contributed by atoms with van der Waals surface area (Å²) in [5.74, 6) is 5.22. The van der Waals surface area contributed by atoms with Crippen molar-refractivity contribution in [1.29, 1.82) is 0 Å². The molecule has 0 bridgehead atoms. The van der Waals surface area contributed by atoms with Gasteiger partial charge in [-0.25, -0.2) is 4.98 Å². The molecular formula is C9H14F3N3S. The number of nitrogens with zero attached hydrogens (tertiary/aromatic N) is 1. The Labute approximate surface area is 95.8 Å². The fraction of sp³-hybridized carbons (Fsp3) is 0.667. The minimum atomic E-state index is -4.13. The summed E-state index contributed by atoms with van der Waals surface area (Å²) in [5.41, 5.74) is 3.18. The van der Waals surface area contributed by atoms with Gasteiger partial charge in [0.25, 0.3) is 0 Å². The van der Waals surface area contributed by atoms with Crippen LogP contribution in [0.5, 0.6) is 0 Å². The normalized spacial score (nSPS) is 14.1. The van der Waals surface area contributed by atoms with E-state index in [0.29, 0.717) is 6.42 Å². The highest BCUT2D eigenvalue weighted by Gasteiger charge is 2.28. The molecule has 0 aliphatic carbocycles. The molecule has 1 aromatic rings. The molecule has 16 heavy (non-hydrogen) atoms. The first-order chi connectivity index (χ1) is 7.40. The summed E-state index contributed by atoms with van der Waals surface area (Å²) >= 11 is 1.48. The molecule has 1 heterocycles. The van der Waals surface area contributed by atoms with Gasteiger partial charge in [-0.1, -0.05) is 0 Å². The minimum absolute atomic E-state index is 0.0312. The zero-order chi connectivity index (χ0) is 12.2. The molecule has 0 aromatic carbocycles. The maximum Gasteiger partial charge on any atom is 0.389 e. The molecule has 0 aliphatic heterocycles. The van der Waals surface area contributed by atoms with E-state index in [1.54, 1.807) is 0 Å². The Bertz CT molecular complexity index is 324. The second-order valence-corrected chi connectivity index (χ2v) is 4.64. The summed E-state index contributed by atoms with van der Waals surface area (Å²) in [6, 6.07) is -0.386. The van der Waals surface area contributed by atoms with Crippen LogP contribution >= 0.6 is 11.3 Å². The summed E-state index contributed by atoms with van der Waals surface area (Å²) in [6.07, 6.45) is -4.56. The number of hydrogen-bond acceptors (Lipinski definition) is 4. The van der Waals surface area contributed by atoms with Crippen LogP contribution in [-0.4, -0.2) is 17.2 Å². The lowest BCUT2D eigenvalue weighted by Crippen LogP contribution is -2.37. The van der Waals surface area contributed by atoms with E-state index < -0.39 is 12.6 Å². The lowest BCUT2D eigenvalue weighted by Gasteiger charge is -2.15. The standard InChI is InChI=1S/C9H14F3N3S/c1-6-14-8(5-16-6)4-7(15-13)2-3-9(10,11)12/h5,7,15H,2-4,13H2,1H3. The third-order valence-corrected chi connectivity index (χ3v) is 2.96. The van der Waals surface area contributed by atoms with E-state index in [0.717, 1.165) is 10.7 Å². The molecule has 92 valence electrons. The Hall–Kier alpha value is -0.660. The highest BCUT2D eigenvalue weighted by molar-refractivity contribution is 7.09. The fourth-order valence-corrected chi connectivity index (χ4v) is 1.96. The molecular weight excluding hydrogens is 239 g/mol. The molecule has 1 rings (SSSR count). The van der Waals surface area contributed by atoms with Crippen molar-refractivity contribution in [2.24, 2.45) is 5.84 Å². The molecule has 0 saturated carbocycles. The van der Waals surface area contributed by atoms with E-state index >= 15 is 0 Å². The fourth-order valence-electron chi connectivity index (χ4n) is 1.34. The van der Waals surface area contributed by atoms with Gasteiger partial charge in [-0.05, 0) is 13.3 Å². The summed E-state index contributed by atoms with van der Waals surface area (Å²) in [5, 5.41) is 2.74. The number of halogens is 3. The van der Waals surface area contributed by atoms with Crippen molar-refractivity contribution in [1.82, 2.24) is 10.4 Å². The molecule has 7 heteroatoms. The highest BCUT2D eigenvalue weighted by Crippen LogP contribution is 2.23. The average molecular weight is 253 g/mol. The van der Waals surface area contributed by atoms with Gasteiger partial charge in [0.1, 0.15) is 0 Å². The first-order valence-corrected chi connectivity index (χ1v) is 5.72. The van der Waals surface area contributed by atoms with Crippen LogP contribution in [0.1, 0.15) is 23.5 Å². The van der Waals surface area contributed by atoms with Crippen molar-refractivity contribution in [3.05, 3.63) is 16.1 Å². The number of alkyl halides is 3. The van der Waals surface area contributed by atoms with E-state index in [4.69, 9.17) is 5.84 Å². The Morgan fingerprint density at radius 3 is 2.69 bits per heavy atom. The Balaban J connectivity index is 2.43. The van der Waals surface area contributed by atoms with Gasteiger partial charge >= 0.3 is 6.18 Å². The van der Waals surface area contributed by atoms with Gasteiger partial charge in [-0.15, -0.1) is 11.3 Å². The number of thiazole rings is 1. The summed E-state index contributed by atoms with van der Waals surface area (Å²) < 4.78 is 36.0. The molecule has 3 N–H and O–H groups in total. The van der Waals surface area contributed by atoms with Gasteiger partial charge in [0, 0.05) is 24.3 Å². The monoisotopic (exact) mass is 253 g/mol. The smallest absolute Gasteiger partial charge is 0.271 e. The van der Waals surface area contributed by atoms with Crippen LogP contribution in [0, 0.1) is 6.92 Å². The van der Waals surface area contributed by atoms with Gasteiger partial charge in [0.05, 0.1) is 10.7 Å². The van der Waals surface area contributed by atoms with Crippen molar-refractivity contribution >= 4 is 11.3 Å². The average Bonchev–Trinajstić information content (AvgIpc) is 2.57. The second kappa shape index (κ2) is 5.60. The van der Waals surface area contributed by atoms with Crippen molar-refractivity contribution in [2.45, 2.75) is 38.4 Å². The third kappa shape index (κ3) is 4.91. The number of hydrogen-bond donors (Lipinski definition) is 2. The van der Waals surface area contributed by atoms with Crippen molar-refractivity contribution in [3.63, 3.8) is 0 Å². The number of aryl methyl sites for hydroxylation is 1. The van der Waals surface area contributed by atoms with Crippen molar-refractivity contribution in [2.75, 3.05) is 0 Å². The van der Waals surface area contributed by atoms with E-state index in [1.165, 1.54) is 11.3 Å². The van der Waals surface area contributed by atoms with Crippen LogP contribution in [-0.2, 0) is 6.42 Å².